The monoisotopic (exact) mass is 241 g/mol. The fraction of sp³-hybridized carbons (Fsp3) is 0.0714. The lowest BCUT2D eigenvalue weighted by Gasteiger charge is -2.20. The Hall–Kier alpha value is -2.54. The highest BCUT2D eigenvalue weighted by Gasteiger charge is 2.07. The van der Waals surface area contributed by atoms with Crippen LogP contribution in [-0.4, -0.2) is 7.05 Å². The fourth-order valence-electron chi connectivity index (χ4n) is 1.69. The first-order valence-corrected chi connectivity index (χ1v) is 5.41. The topological polar surface area (TPSA) is 53.0 Å². The number of nitrogens with two attached hydrogens (primary N) is 1. The van der Waals surface area contributed by atoms with Gasteiger partial charge in [-0.2, -0.15) is 5.26 Å². The molecule has 0 saturated carbocycles. The lowest BCUT2D eigenvalue weighted by atomic mass is 10.1. The van der Waals surface area contributed by atoms with Crippen LogP contribution in [0, 0.1) is 17.1 Å². The number of nitriles is 1. The molecular weight excluding hydrogens is 229 g/mol. The van der Waals surface area contributed by atoms with Crippen molar-refractivity contribution >= 4 is 17.1 Å². The molecule has 0 aliphatic carbocycles. The Morgan fingerprint density at radius 1 is 1.17 bits per heavy atom. The number of hydrogen-bond donors (Lipinski definition) is 1. The number of nitrogens with zero attached hydrogens (tertiary/aromatic N) is 2. The molecule has 2 aromatic rings. The second-order valence-electron chi connectivity index (χ2n) is 3.92. The Morgan fingerprint density at radius 2 is 1.89 bits per heavy atom. The molecule has 2 N–H and O–H groups in total. The number of rotatable bonds is 2. The first-order valence-electron chi connectivity index (χ1n) is 5.41. The Labute approximate surface area is 105 Å². The van der Waals surface area contributed by atoms with Crippen LogP contribution in [0.25, 0.3) is 0 Å². The van der Waals surface area contributed by atoms with Crippen LogP contribution < -0.4 is 10.6 Å². The third kappa shape index (κ3) is 2.25. The standard InChI is InChI=1S/C14H12FN3/c1-18(12-4-2-3-11(15)7-12)13-6-5-10(9-16)14(17)8-13/h2-8H,17H2,1H3. The van der Waals surface area contributed by atoms with Crippen molar-refractivity contribution in [1.29, 1.82) is 5.26 Å². The van der Waals surface area contributed by atoms with Crippen molar-refractivity contribution in [3.63, 3.8) is 0 Å². The fourth-order valence-corrected chi connectivity index (χ4v) is 1.69. The molecule has 2 aromatic carbocycles. The van der Waals surface area contributed by atoms with E-state index in [0.29, 0.717) is 11.3 Å². The summed E-state index contributed by atoms with van der Waals surface area (Å²) in [7, 11) is 1.82. The summed E-state index contributed by atoms with van der Waals surface area (Å²) in [4.78, 5) is 1.81. The summed E-state index contributed by atoms with van der Waals surface area (Å²) in [5.74, 6) is -0.291. The lowest BCUT2D eigenvalue weighted by Crippen LogP contribution is -2.10. The number of anilines is 3. The van der Waals surface area contributed by atoms with Gasteiger partial charge >= 0.3 is 0 Å². The molecule has 0 bridgehead atoms. The molecule has 0 saturated heterocycles. The molecule has 2 rings (SSSR count). The summed E-state index contributed by atoms with van der Waals surface area (Å²) in [6, 6.07) is 13.4. The van der Waals surface area contributed by atoms with Crippen LogP contribution in [0.5, 0.6) is 0 Å². The number of nitrogen functional groups attached to an aromatic ring is 1. The third-order valence-corrected chi connectivity index (χ3v) is 2.74. The van der Waals surface area contributed by atoms with E-state index in [1.165, 1.54) is 12.1 Å². The quantitative estimate of drug-likeness (QED) is 0.822. The Balaban J connectivity index is 2.38. The molecule has 0 aliphatic rings. The van der Waals surface area contributed by atoms with Crippen LogP contribution >= 0.6 is 0 Å². The average Bonchev–Trinajstić information content (AvgIpc) is 2.37. The van der Waals surface area contributed by atoms with E-state index >= 15 is 0 Å². The number of hydrogen-bond acceptors (Lipinski definition) is 3. The van der Waals surface area contributed by atoms with Gasteiger partial charge in [0.15, 0.2) is 0 Å². The highest BCUT2D eigenvalue weighted by molar-refractivity contribution is 5.69. The lowest BCUT2D eigenvalue weighted by molar-refractivity contribution is 0.628. The molecule has 3 nitrogen and oxygen atoms in total. The van der Waals surface area contributed by atoms with Gasteiger partial charge in [-0.1, -0.05) is 6.07 Å². The smallest absolute Gasteiger partial charge is 0.125 e. The normalized spacial score (nSPS) is 9.83. The molecule has 0 radical (unpaired) electrons. The van der Waals surface area contributed by atoms with Gasteiger partial charge in [-0.15, -0.1) is 0 Å². The van der Waals surface area contributed by atoms with E-state index in [4.69, 9.17) is 11.0 Å². The average molecular weight is 241 g/mol. The molecule has 0 aromatic heterocycles. The van der Waals surface area contributed by atoms with Gasteiger partial charge in [0.1, 0.15) is 11.9 Å². The zero-order valence-corrected chi connectivity index (χ0v) is 9.89. The molecule has 0 fully saturated rings. The highest BCUT2D eigenvalue weighted by Crippen LogP contribution is 2.26. The Bertz CT molecular complexity index is 617. The van der Waals surface area contributed by atoms with Crippen LogP contribution in [-0.2, 0) is 0 Å². The molecule has 0 heterocycles. The molecule has 0 unspecified atom stereocenters. The van der Waals surface area contributed by atoms with Crippen molar-refractivity contribution < 1.29 is 4.39 Å². The van der Waals surface area contributed by atoms with Crippen LogP contribution in [0.1, 0.15) is 5.56 Å². The summed E-state index contributed by atoms with van der Waals surface area (Å²) in [6.45, 7) is 0. The minimum atomic E-state index is -0.291. The van der Waals surface area contributed by atoms with Crippen molar-refractivity contribution in [2.24, 2.45) is 0 Å². The summed E-state index contributed by atoms with van der Waals surface area (Å²) in [6.07, 6.45) is 0. The third-order valence-electron chi connectivity index (χ3n) is 2.74. The maximum atomic E-state index is 13.1. The van der Waals surface area contributed by atoms with E-state index in [9.17, 15) is 4.39 Å². The van der Waals surface area contributed by atoms with Gasteiger partial charge in [-0.05, 0) is 36.4 Å². The minimum Gasteiger partial charge on any atom is -0.398 e. The Kier molecular flexibility index (Phi) is 3.16. The molecule has 0 spiro atoms. The molecule has 4 heteroatoms. The molecule has 18 heavy (non-hydrogen) atoms. The molecule has 0 atom stereocenters. The second kappa shape index (κ2) is 4.76. The van der Waals surface area contributed by atoms with Crippen molar-refractivity contribution in [2.45, 2.75) is 0 Å². The summed E-state index contributed by atoms with van der Waals surface area (Å²) >= 11 is 0. The van der Waals surface area contributed by atoms with Gasteiger partial charge in [0.25, 0.3) is 0 Å². The van der Waals surface area contributed by atoms with E-state index in [1.54, 1.807) is 35.2 Å². The van der Waals surface area contributed by atoms with E-state index < -0.39 is 0 Å². The number of halogens is 1. The van der Waals surface area contributed by atoms with Crippen LogP contribution in [0.2, 0.25) is 0 Å². The van der Waals surface area contributed by atoms with E-state index in [1.807, 2.05) is 13.1 Å². The van der Waals surface area contributed by atoms with Gasteiger partial charge in [0.2, 0.25) is 0 Å². The SMILES string of the molecule is CN(c1cccc(F)c1)c1ccc(C#N)c(N)c1. The van der Waals surface area contributed by atoms with Crippen molar-refractivity contribution in [1.82, 2.24) is 0 Å². The zero-order valence-electron chi connectivity index (χ0n) is 9.89. The summed E-state index contributed by atoms with van der Waals surface area (Å²) in [5.41, 5.74) is 8.13. The molecule has 0 amide bonds. The largest absolute Gasteiger partial charge is 0.398 e. The highest BCUT2D eigenvalue weighted by atomic mass is 19.1. The second-order valence-corrected chi connectivity index (χ2v) is 3.92. The van der Waals surface area contributed by atoms with Crippen LogP contribution in [0.15, 0.2) is 42.5 Å². The summed E-state index contributed by atoms with van der Waals surface area (Å²) in [5, 5.41) is 8.81. The van der Waals surface area contributed by atoms with Gasteiger partial charge in [-0.25, -0.2) is 4.39 Å². The van der Waals surface area contributed by atoms with Crippen molar-refractivity contribution in [2.75, 3.05) is 17.7 Å². The van der Waals surface area contributed by atoms with Gasteiger partial charge < -0.3 is 10.6 Å². The molecule has 90 valence electrons. The Morgan fingerprint density at radius 3 is 2.50 bits per heavy atom. The number of benzene rings is 2. The zero-order chi connectivity index (χ0) is 13.1. The van der Waals surface area contributed by atoms with E-state index in [2.05, 4.69) is 0 Å². The van der Waals surface area contributed by atoms with Gasteiger partial charge in [0, 0.05) is 18.4 Å². The molecule has 0 aliphatic heterocycles. The molecular formula is C14H12FN3. The maximum Gasteiger partial charge on any atom is 0.125 e. The van der Waals surface area contributed by atoms with E-state index in [-0.39, 0.29) is 5.82 Å². The predicted molar refractivity (Wildman–Crippen MR) is 70.0 cm³/mol. The van der Waals surface area contributed by atoms with Crippen LogP contribution in [0.4, 0.5) is 21.5 Å². The predicted octanol–water partition coefficient (Wildman–Crippen LogP) is 3.05. The first-order chi connectivity index (χ1) is 8.61. The minimum absolute atomic E-state index is 0.291. The maximum absolute atomic E-state index is 13.1. The van der Waals surface area contributed by atoms with Gasteiger partial charge in [-0.3, -0.25) is 0 Å². The van der Waals surface area contributed by atoms with E-state index in [0.717, 1.165) is 11.4 Å². The van der Waals surface area contributed by atoms with Crippen molar-refractivity contribution in [3.05, 3.63) is 53.8 Å². The summed E-state index contributed by atoms with van der Waals surface area (Å²) < 4.78 is 13.1. The van der Waals surface area contributed by atoms with Crippen LogP contribution in [0.3, 0.4) is 0 Å². The van der Waals surface area contributed by atoms with Gasteiger partial charge in [0.05, 0.1) is 11.3 Å². The first kappa shape index (κ1) is 11.9. The van der Waals surface area contributed by atoms with Crippen molar-refractivity contribution in [3.8, 4) is 6.07 Å².